The van der Waals surface area contributed by atoms with Crippen molar-refractivity contribution in [1.29, 1.82) is 0 Å². The maximum absolute atomic E-state index is 12.9. The SMILES string of the molecule is CN(C)Cc1nnc(C2CCCN(C(=O)c3cnc(C4CC4)nc3)C2)n1C. The molecule has 8 nitrogen and oxygen atoms in total. The van der Waals surface area contributed by atoms with Crippen molar-refractivity contribution in [1.82, 2.24) is 34.5 Å². The molecule has 0 radical (unpaired) electrons. The quantitative estimate of drug-likeness (QED) is 0.796. The molecule has 0 bridgehead atoms. The van der Waals surface area contributed by atoms with Crippen LogP contribution in [0.2, 0.25) is 0 Å². The van der Waals surface area contributed by atoms with Gasteiger partial charge in [-0.15, -0.1) is 10.2 Å². The summed E-state index contributed by atoms with van der Waals surface area (Å²) in [6.45, 7) is 2.18. The highest BCUT2D eigenvalue weighted by Crippen LogP contribution is 2.37. The van der Waals surface area contributed by atoms with Crippen LogP contribution in [0.1, 0.15) is 65.4 Å². The number of aromatic nitrogens is 5. The van der Waals surface area contributed by atoms with Crippen molar-refractivity contribution in [3.05, 3.63) is 35.4 Å². The number of carbonyl (C=O) groups excluding carboxylic acids is 1. The Bertz CT molecular complexity index is 810. The Hall–Kier alpha value is -2.35. The van der Waals surface area contributed by atoms with Gasteiger partial charge in [0.05, 0.1) is 12.1 Å². The van der Waals surface area contributed by atoms with Crippen LogP contribution in [0.5, 0.6) is 0 Å². The molecule has 4 rings (SSSR count). The number of nitrogens with zero attached hydrogens (tertiary/aromatic N) is 7. The number of hydrogen-bond acceptors (Lipinski definition) is 6. The van der Waals surface area contributed by atoms with E-state index in [-0.39, 0.29) is 11.8 Å². The summed E-state index contributed by atoms with van der Waals surface area (Å²) in [5.74, 6) is 3.50. The number of piperidine rings is 1. The van der Waals surface area contributed by atoms with Gasteiger partial charge < -0.3 is 14.4 Å². The minimum Gasteiger partial charge on any atom is -0.338 e. The molecule has 1 amide bonds. The third-order valence-corrected chi connectivity index (χ3v) is 5.39. The van der Waals surface area contributed by atoms with E-state index < -0.39 is 0 Å². The highest BCUT2D eigenvalue weighted by Gasteiger charge is 2.30. The van der Waals surface area contributed by atoms with E-state index in [4.69, 9.17) is 0 Å². The molecule has 0 spiro atoms. The molecule has 3 heterocycles. The third kappa shape index (κ3) is 3.85. The lowest BCUT2D eigenvalue weighted by molar-refractivity contribution is 0.0702. The fourth-order valence-corrected chi connectivity index (χ4v) is 3.71. The molecule has 1 saturated heterocycles. The normalized spacial score (nSPS) is 20.3. The first-order chi connectivity index (χ1) is 13.0. The van der Waals surface area contributed by atoms with Gasteiger partial charge in [-0.05, 0) is 39.8 Å². The van der Waals surface area contributed by atoms with E-state index >= 15 is 0 Å². The van der Waals surface area contributed by atoms with Gasteiger partial charge >= 0.3 is 0 Å². The first-order valence-corrected chi connectivity index (χ1v) is 9.67. The molecule has 144 valence electrons. The smallest absolute Gasteiger partial charge is 0.257 e. The van der Waals surface area contributed by atoms with E-state index in [1.807, 2.05) is 26.0 Å². The van der Waals surface area contributed by atoms with Gasteiger partial charge in [0.1, 0.15) is 17.5 Å². The van der Waals surface area contributed by atoms with Crippen LogP contribution in [0.15, 0.2) is 12.4 Å². The zero-order valence-electron chi connectivity index (χ0n) is 16.3. The fraction of sp³-hybridized carbons (Fsp3) is 0.632. The van der Waals surface area contributed by atoms with E-state index in [2.05, 4.69) is 29.6 Å². The van der Waals surface area contributed by atoms with Gasteiger partial charge in [-0.2, -0.15) is 0 Å². The average molecular weight is 369 g/mol. The Morgan fingerprint density at radius 2 is 1.89 bits per heavy atom. The largest absolute Gasteiger partial charge is 0.338 e. The Kier molecular flexibility index (Phi) is 4.90. The Morgan fingerprint density at radius 3 is 2.56 bits per heavy atom. The van der Waals surface area contributed by atoms with Crippen LogP contribution in [0, 0.1) is 0 Å². The number of likely N-dealkylation sites (tertiary alicyclic amines) is 1. The van der Waals surface area contributed by atoms with Crippen LogP contribution >= 0.6 is 0 Å². The lowest BCUT2D eigenvalue weighted by Gasteiger charge is -2.32. The van der Waals surface area contributed by atoms with Gasteiger partial charge in [0.25, 0.3) is 5.91 Å². The van der Waals surface area contributed by atoms with Crippen LogP contribution in [0.3, 0.4) is 0 Å². The second-order valence-corrected chi connectivity index (χ2v) is 7.97. The summed E-state index contributed by atoms with van der Waals surface area (Å²) in [6.07, 6.45) is 7.68. The molecule has 0 N–H and O–H groups in total. The predicted molar refractivity (Wildman–Crippen MR) is 100 cm³/mol. The third-order valence-electron chi connectivity index (χ3n) is 5.39. The highest BCUT2D eigenvalue weighted by molar-refractivity contribution is 5.93. The predicted octanol–water partition coefficient (Wildman–Crippen LogP) is 1.56. The summed E-state index contributed by atoms with van der Waals surface area (Å²) in [7, 11) is 6.05. The zero-order valence-corrected chi connectivity index (χ0v) is 16.3. The summed E-state index contributed by atoms with van der Waals surface area (Å²) < 4.78 is 2.08. The van der Waals surface area contributed by atoms with E-state index in [0.717, 1.165) is 56.2 Å². The Labute approximate surface area is 159 Å². The van der Waals surface area contributed by atoms with Crippen molar-refractivity contribution < 1.29 is 4.79 Å². The minimum absolute atomic E-state index is 0.0118. The van der Waals surface area contributed by atoms with Crippen molar-refractivity contribution in [2.24, 2.45) is 7.05 Å². The van der Waals surface area contributed by atoms with Crippen LogP contribution in [0.4, 0.5) is 0 Å². The maximum atomic E-state index is 12.9. The van der Waals surface area contributed by atoms with E-state index in [1.165, 1.54) is 0 Å². The first-order valence-electron chi connectivity index (χ1n) is 9.67. The molecule has 1 aliphatic heterocycles. The topological polar surface area (TPSA) is 80.0 Å². The molecule has 2 aromatic rings. The van der Waals surface area contributed by atoms with E-state index in [1.54, 1.807) is 12.4 Å². The zero-order chi connectivity index (χ0) is 19.0. The van der Waals surface area contributed by atoms with Crippen LogP contribution in [-0.2, 0) is 13.6 Å². The van der Waals surface area contributed by atoms with Gasteiger partial charge in [-0.1, -0.05) is 0 Å². The first kappa shape index (κ1) is 18.0. The molecular weight excluding hydrogens is 342 g/mol. The molecule has 0 aromatic carbocycles. The maximum Gasteiger partial charge on any atom is 0.257 e. The molecule has 1 aliphatic carbocycles. The Morgan fingerprint density at radius 1 is 1.15 bits per heavy atom. The monoisotopic (exact) mass is 369 g/mol. The molecule has 1 saturated carbocycles. The van der Waals surface area contributed by atoms with Crippen molar-refractivity contribution in [3.63, 3.8) is 0 Å². The lowest BCUT2D eigenvalue weighted by atomic mass is 9.96. The lowest BCUT2D eigenvalue weighted by Crippen LogP contribution is -2.39. The van der Waals surface area contributed by atoms with Crippen LogP contribution < -0.4 is 0 Å². The summed E-state index contributed by atoms with van der Waals surface area (Å²) in [4.78, 5) is 25.7. The van der Waals surface area contributed by atoms with Gasteiger partial charge in [-0.3, -0.25) is 4.79 Å². The van der Waals surface area contributed by atoms with Crippen molar-refractivity contribution >= 4 is 5.91 Å². The fourth-order valence-electron chi connectivity index (χ4n) is 3.71. The highest BCUT2D eigenvalue weighted by atomic mass is 16.2. The van der Waals surface area contributed by atoms with Crippen molar-refractivity contribution in [2.75, 3.05) is 27.2 Å². The average Bonchev–Trinajstić information content (AvgIpc) is 3.46. The van der Waals surface area contributed by atoms with Gasteiger partial charge in [0, 0.05) is 44.4 Å². The second-order valence-electron chi connectivity index (χ2n) is 7.97. The summed E-state index contributed by atoms with van der Waals surface area (Å²) in [5, 5.41) is 8.76. The van der Waals surface area contributed by atoms with Gasteiger partial charge in [0.15, 0.2) is 0 Å². The molecule has 1 atom stereocenters. The minimum atomic E-state index is 0.0118. The molecule has 2 fully saturated rings. The summed E-state index contributed by atoms with van der Waals surface area (Å²) in [5.41, 5.74) is 0.575. The standard InChI is InChI=1S/C19H27N7O/c1-24(2)12-16-22-23-18(25(16)3)14-5-4-8-26(11-14)19(27)15-9-20-17(21-10-15)13-6-7-13/h9-10,13-14H,4-8,11-12H2,1-3H3. The van der Waals surface area contributed by atoms with E-state index in [9.17, 15) is 4.79 Å². The van der Waals surface area contributed by atoms with E-state index in [0.29, 0.717) is 18.0 Å². The molecule has 2 aromatic heterocycles. The molecule has 1 unspecified atom stereocenters. The Balaban J connectivity index is 1.46. The molecule has 2 aliphatic rings. The van der Waals surface area contributed by atoms with Crippen LogP contribution in [-0.4, -0.2) is 67.6 Å². The number of carbonyl (C=O) groups is 1. The van der Waals surface area contributed by atoms with Crippen molar-refractivity contribution in [2.45, 2.75) is 44.1 Å². The van der Waals surface area contributed by atoms with Crippen LogP contribution in [0.25, 0.3) is 0 Å². The number of rotatable bonds is 5. The number of hydrogen-bond donors (Lipinski definition) is 0. The second kappa shape index (κ2) is 7.34. The van der Waals surface area contributed by atoms with Gasteiger partial charge in [-0.25, -0.2) is 9.97 Å². The summed E-state index contributed by atoms with van der Waals surface area (Å²) >= 11 is 0. The summed E-state index contributed by atoms with van der Waals surface area (Å²) in [6, 6.07) is 0. The molecule has 27 heavy (non-hydrogen) atoms. The van der Waals surface area contributed by atoms with Gasteiger partial charge in [0.2, 0.25) is 0 Å². The van der Waals surface area contributed by atoms with Crippen molar-refractivity contribution in [3.8, 4) is 0 Å². The molecule has 8 heteroatoms. The molecular formula is C19H27N7O. The number of amides is 1.